The average Bonchev–Trinajstić information content (AvgIpc) is 2.95. The van der Waals surface area contributed by atoms with Crippen LogP contribution < -0.4 is 11.0 Å². The predicted octanol–water partition coefficient (Wildman–Crippen LogP) is 1.89. The summed E-state index contributed by atoms with van der Waals surface area (Å²) in [7, 11) is 1.60. The van der Waals surface area contributed by atoms with Gasteiger partial charge in [-0.1, -0.05) is 26.0 Å². The summed E-state index contributed by atoms with van der Waals surface area (Å²) < 4.78 is 3.02. The first-order chi connectivity index (χ1) is 11.5. The molecule has 0 atom stereocenters. The number of anilines is 1. The largest absolute Gasteiger partial charge is 0.349 e. The first-order valence-electron chi connectivity index (χ1n) is 7.72. The third kappa shape index (κ3) is 3.05. The van der Waals surface area contributed by atoms with Crippen molar-refractivity contribution >= 4 is 22.8 Å². The molecule has 0 saturated heterocycles. The number of rotatable bonds is 4. The monoisotopic (exact) mass is 325 g/mol. The van der Waals surface area contributed by atoms with E-state index in [0.29, 0.717) is 17.1 Å². The third-order valence-corrected chi connectivity index (χ3v) is 3.93. The van der Waals surface area contributed by atoms with Gasteiger partial charge in [0.15, 0.2) is 5.65 Å². The lowest BCUT2D eigenvalue weighted by molar-refractivity contribution is -0.116. The van der Waals surface area contributed by atoms with E-state index in [1.807, 2.05) is 24.3 Å². The first-order valence-corrected chi connectivity index (χ1v) is 7.72. The second-order valence-corrected chi connectivity index (χ2v) is 6.01. The molecule has 3 aromatic rings. The minimum Gasteiger partial charge on any atom is -0.325 e. The van der Waals surface area contributed by atoms with Gasteiger partial charge in [-0.2, -0.15) is 4.98 Å². The number of aryl methyl sites for hydroxylation is 1. The van der Waals surface area contributed by atoms with Gasteiger partial charge in [-0.15, -0.1) is 0 Å². The van der Waals surface area contributed by atoms with Crippen LogP contribution in [0.4, 0.5) is 5.69 Å². The van der Waals surface area contributed by atoms with Crippen LogP contribution in [0.3, 0.4) is 0 Å². The molecule has 1 aromatic carbocycles. The Morgan fingerprint density at radius 3 is 2.58 bits per heavy atom. The highest BCUT2D eigenvalue weighted by Crippen LogP contribution is 2.17. The molecular weight excluding hydrogens is 306 g/mol. The minimum absolute atomic E-state index is 0.0995. The molecule has 124 valence electrons. The Morgan fingerprint density at radius 1 is 1.21 bits per heavy atom. The molecule has 0 spiro atoms. The molecule has 0 unspecified atom stereocenters. The van der Waals surface area contributed by atoms with E-state index in [1.165, 1.54) is 22.7 Å². The Kier molecular flexibility index (Phi) is 4.16. The molecule has 7 heteroatoms. The van der Waals surface area contributed by atoms with E-state index in [-0.39, 0.29) is 18.1 Å². The van der Waals surface area contributed by atoms with E-state index >= 15 is 0 Å². The number of fused-ring (bicyclic) bond motifs is 1. The maximum atomic E-state index is 12.2. The Bertz CT molecular complexity index is 938. The number of hydrogen-bond acceptors (Lipinski definition) is 4. The van der Waals surface area contributed by atoms with Gasteiger partial charge in [-0.3, -0.25) is 9.36 Å². The molecule has 0 aliphatic carbocycles. The van der Waals surface area contributed by atoms with E-state index in [0.717, 1.165) is 5.69 Å². The van der Waals surface area contributed by atoms with E-state index in [9.17, 15) is 9.59 Å². The van der Waals surface area contributed by atoms with Crippen LogP contribution in [0.5, 0.6) is 0 Å². The number of carbonyl (C=O) groups is 1. The second kappa shape index (κ2) is 6.27. The maximum Gasteiger partial charge on any atom is 0.349 e. The number of nitrogens with zero attached hydrogens (tertiary/aromatic N) is 4. The zero-order valence-electron chi connectivity index (χ0n) is 13.9. The summed E-state index contributed by atoms with van der Waals surface area (Å²) in [6, 6.07) is 7.80. The average molecular weight is 325 g/mol. The van der Waals surface area contributed by atoms with Crippen molar-refractivity contribution in [1.82, 2.24) is 19.1 Å². The Labute approximate surface area is 139 Å². The summed E-state index contributed by atoms with van der Waals surface area (Å²) in [5, 5.41) is 2.86. The lowest BCUT2D eigenvalue weighted by Gasteiger charge is -2.09. The van der Waals surface area contributed by atoms with Crippen LogP contribution in [-0.4, -0.2) is 25.0 Å². The molecule has 0 radical (unpaired) electrons. The quantitative estimate of drug-likeness (QED) is 0.794. The smallest absolute Gasteiger partial charge is 0.325 e. The number of hydrogen-bond donors (Lipinski definition) is 1. The van der Waals surface area contributed by atoms with Gasteiger partial charge in [0.25, 0.3) is 0 Å². The molecule has 2 heterocycles. The Morgan fingerprint density at radius 2 is 1.92 bits per heavy atom. The zero-order chi connectivity index (χ0) is 17.3. The van der Waals surface area contributed by atoms with Crippen molar-refractivity contribution in [2.45, 2.75) is 26.3 Å². The van der Waals surface area contributed by atoms with Gasteiger partial charge in [0.2, 0.25) is 5.91 Å². The summed E-state index contributed by atoms with van der Waals surface area (Å²) in [6.45, 7) is 4.35. The normalized spacial score (nSPS) is 11.2. The molecule has 0 fully saturated rings. The van der Waals surface area contributed by atoms with E-state index in [1.54, 1.807) is 11.6 Å². The van der Waals surface area contributed by atoms with Gasteiger partial charge in [-0.25, -0.2) is 9.78 Å². The molecule has 2 aromatic heterocycles. The number of nitrogens with one attached hydrogen (secondary N) is 1. The summed E-state index contributed by atoms with van der Waals surface area (Å²) in [5.41, 5.74) is 2.74. The number of imidazole rings is 1. The lowest BCUT2D eigenvalue weighted by Crippen LogP contribution is -2.21. The molecule has 0 aliphatic heterocycles. The number of amides is 1. The standard InChI is InChI=1S/C17H19N5O2/c1-11(2)12-4-6-13(7-5-12)20-15(23)9-22-10-19-16-14(22)8-18-17(24)21(16)3/h4-8,10-11H,9H2,1-3H3,(H,20,23). The van der Waals surface area contributed by atoms with Crippen LogP contribution in [0, 0.1) is 0 Å². The SMILES string of the molecule is CC(C)c1ccc(NC(=O)Cn2cnc3c2cnc(=O)n3C)cc1. The maximum absolute atomic E-state index is 12.2. The van der Waals surface area contributed by atoms with Gasteiger partial charge >= 0.3 is 5.69 Å². The third-order valence-electron chi connectivity index (χ3n) is 3.93. The van der Waals surface area contributed by atoms with Crippen molar-refractivity contribution < 1.29 is 4.79 Å². The van der Waals surface area contributed by atoms with E-state index in [2.05, 4.69) is 29.1 Å². The van der Waals surface area contributed by atoms with Crippen LogP contribution in [0.15, 0.2) is 41.6 Å². The molecule has 3 rings (SSSR count). The lowest BCUT2D eigenvalue weighted by atomic mass is 10.0. The Balaban J connectivity index is 1.75. The van der Waals surface area contributed by atoms with E-state index < -0.39 is 0 Å². The Hall–Kier alpha value is -2.96. The summed E-state index contributed by atoms with van der Waals surface area (Å²) in [4.78, 5) is 31.7. The predicted molar refractivity (Wildman–Crippen MR) is 91.9 cm³/mol. The minimum atomic E-state index is -0.373. The molecule has 1 N–H and O–H groups in total. The molecular formula is C17H19N5O2. The van der Waals surface area contributed by atoms with Crippen LogP contribution in [0.25, 0.3) is 11.2 Å². The number of carbonyl (C=O) groups excluding carboxylic acids is 1. The molecule has 0 bridgehead atoms. The highest BCUT2D eigenvalue weighted by atomic mass is 16.2. The van der Waals surface area contributed by atoms with Gasteiger partial charge in [0, 0.05) is 12.7 Å². The molecule has 7 nitrogen and oxygen atoms in total. The van der Waals surface area contributed by atoms with Crippen molar-refractivity contribution in [3.8, 4) is 0 Å². The molecule has 1 amide bonds. The zero-order valence-corrected chi connectivity index (χ0v) is 13.9. The first kappa shape index (κ1) is 15.9. The molecule has 0 saturated carbocycles. The fourth-order valence-electron chi connectivity index (χ4n) is 2.50. The number of aromatic nitrogens is 4. The van der Waals surface area contributed by atoms with Crippen LogP contribution in [0.1, 0.15) is 25.3 Å². The summed E-state index contributed by atoms with van der Waals surface area (Å²) in [5.74, 6) is 0.284. The van der Waals surface area contributed by atoms with Gasteiger partial charge in [0.1, 0.15) is 12.1 Å². The van der Waals surface area contributed by atoms with Crippen molar-refractivity contribution in [2.75, 3.05) is 5.32 Å². The summed E-state index contributed by atoms with van der Waals surface area (Å²) >= 11 is 0. The fraction of sp³-hybridized carbons (Fsp3) is 0.294. The van der Waals surface area contributed by atoms with Crippen LogP contribution in [-0.2, 0) is 18.4 Å². The van der Waals surface area contributed by atoms with Gasteiger partial charge in [-0.05, 0) is 23.6 Å². The van der Waals surface area contributed by atoms with Crippen molar-refractivity contribution in [3.63, 3.8) is 0 Å². The highest BCUT2D eigenvalue weighted by molar-refractivity contribution is 5.91. The highest BCUT2D eigenvalue weighted by Gasteiger charge is 2.11. The van der Waals surface area contributed by atoms with Crippen molar-refractivity contribution in [1.29, 1.82) is 0 Å². The fourth-order valence-corrected chi connectivity index (χ4v) is 2.50. The second-order valence-electron chi connectivity index (χ2n) is 6.01. The van der Waals surface area contributed by atoms with E-state index in [4.69, 9.17) is 0 Å². The van der Waals surface area contributed by atoms with Crippen LogP contribution >= 0.6 is 0 Å². The summed E-state index contributed by atoms with van der Waals surface area (Å²) in [6.07, 6.45) is 2.97. The van der Waals surface area contributed by atoms with Crippen LogP contribution in [0.2, 0.25) is 0 Å². The topological polar surface area (TPSA) is 81.8 Å². The van der Waals surface area contributed by atoms with Crippen molar-refractivity contribution in [2.24, 2.45) is 7.05 Å². The number of benzene rings is 1. The van der Waals surface area contributed by atoms with Crippen molar-refractivity contribution in [3.05, 3.63) is 52.8 Å². The molecule has 0 aliphatic rings. The van der Waals surface area contributed by atoms with Gasteiger partial charge < -0.3 is 9.88 Å². The molecule has 24 heavy (non-hydrogen) atoms. The van der Waals surface area contributed by atoms with Gasteiger partial charge in [0.05, 0.1) is 12.5 Å².